The molecule has 2 aromatic rings. The van der Waals surface area contributed by atoms with Crippen molar-refractivity contribution in [3.63, 3.8) is 0 Å². The molecule has 4 nitrogen and oxygen atoms in total. The predicted molar refractivity (Wildman–Crippen MR) is 118 cm³/mol. The van der Waals surface area contributed by atoms with Crippen LogP contribution in [0.1, 0.15) is 54.0 Å². The van der Waals surface area contributed by atoms with E-state index >= 15 is 0 Å². The molecule has 1 saturated heterocycles. The van der Waals surface area contributed by atoms with Crippen LogP contribution in [0.2, 0.25) is 5.02 Å². The van der Waals surface area contributed by atoms with Gasteiger partial charge in [0.05, 0.1) is 18.3 Å². The van der Waals surface area contributed by atoms with Crippen LogP contribution in [0.4, 0.5) is 0 Å². The van der Waals surface area contributed by atoms with Crippen LogP contribution in [0.25, 0.3) is 0 Å². The number of carbonyl (C=O) groups is 1. The SMILES string of the molecule is Cc1ccc(C2=NN(C(=O)CN3CCCCC3)[C@H](c3ccccc3Cl)C2)c(C)c1. The number of hydrazone groups is 1. The molecule has 0 aliphatic carbocycles. The molecule has 0 saturated carbocycles. The monoisotopic (exact) mass is 409 g/mol. The molecular weight excluding hydrogens is 382 g/mol. The number of amides is 1. The lowest BCUT2D eigenvalue weighted by molar-refractivity contribution is -0.134. The lowest BCUT2D eigenvalue weighted by Gasteiger charge is -2.29. The number of benzene rings is 2. The summed E-state index contributed by atoms with van der Waals surface area (Å²) >= 11 is 6.51. The average molecular weight is 410 g/mol. The highest BCUT2D eigenvalue weighted by molar-refractivity contribution is 6.31. The minimum absolute atomic E-state index is 0.0524. The minimum atomic E-state index is -0.156. The van der Waals surface area contributed by atoms with Gasteiger partial charge in [0.2, 0.25) is 0 Å². The number of hydrogen-bond acceptors (Lipinski definition) is 3. The first kappa shape index (κ1) is 20.1. The maximum atomic E-state index is 13.3. The van der Waals surface area contributed by atoms with Crippen molar-refractivity contribution in [2.45, 2.75) is 45.6 Å². The fourth-order valence-corrected chi connectivity index (χ4v) is 4.67. The molecule has 2 aromatic carbocycles. The van der Waals surface area contributed by atoms with Gasteiger partial charge in [-0.3, -0.25) is 9.69 Å². The fourth-order valence-electron chi connectivity index (χ4n) is 4.41. The summed E-state index contributed by atoms with van der Waals surface area (Å²) in [6, 6.07) is 14.0. The van der Waals surface area contributed by atoms with Gasteiger partial charge in [-0.2, -0.15) is 5.10 Å². The van der Waals surface area contributed by atoms with Gasteiger partial charge in [0.15, 0.2) is 0 Å². The Balaban J connectivity index is 1.65. The zero-order valence-corrected chi connectivity index (χ0v) is 18.0. The van der Waals surface area contributed by atoms with Crippen molar-refractivity contribution in [1.29, 1.82) is 0 Å². The zero-order valence-electron chi connectivity index (χ0n) is 17.2. The van der Waals surface area contributed by atoms with Crippen LogP contribution in [0.5, 0.6) is 0 Å². The third-order valence-corrected chi connectivity index (χ3v) is 6.27. The van der Waals surface area contributed by atoms with Crippen molar-refractivity contribution in [1.82, 2.24) is 9.91 Å². The van der Waals surface area contributed by atoms with Crippen molar-refractivity contribution in [2.24, 2.45) is 5.10 Å². The Morgan fingerprint density at radius 2 is 1.86 bits per heavy atom. The van der Waals surface area contributed by atoms with Crippen LogP contribution >= 0.6 is 11.6 Å². The van der Waals surface area contributed by atoms with Crippen LogP contribution in [-0.4, -0.2) is 41.2 Å². The number of likely N-dealkylation sites (tertiary alicyclic amines) is 1. The number of aryl methyl sites for hydroxylation is 2. The zero-order chi connectivity index (χ0) is 20.4. The molecule has 5 heteroatoms. The van der Waals surface area contributed by atoms with E-state index in [-0.39, 0.29) is 11.9 Å². The topological polar surface area (TPSA) is 35.9 Å². The summed E-state index contributed by atoms with van der Waals surface area (Å²) in [5.74, 6) is 0.0524. The highest BCUT2D eigenvalue weighted by Crippen LogP contribution is 2.37. The molecule has 0 aromatic heterocycles. The molecule has 1 fully saturated rings. The van der Waals surface area contributed by atoms with Gasteiger partial charge in [0, 0.05) is 17.0 Å². The molecular formula is C24H28ClN3O. The van der Waals surface area contributed by atoms with Crippen molar-refractivity contribution in [3.8, 4) is 0 Å². The summed E-state index contributed by atoms with van der Waals surface area (Å²) in [7, 11) is 0. The standard InChI is InChI=1S/C24H28ClN3O/c1-17-10-11-19(18(2)14-17)22-15-23(20-8-4-5-9-21(20)25)28(26-22)24(29)16-27-12-6-3-7-13-27/h4-5,8-11,14,23H,3,6-7,12-13,15-16H2,1-2H3/t23-/m0/s1. The van der Waals surface area contributed by atoms with E-state index in [4.69, 9.17) is 16.7 Å². The van der Waals surface area contributed by atoms with E-state index in [9.17, 15) is 4.79 Å². The van der Waals surface area contributed by atoms with E-state index in [1.165, 1.54) is 17.5 Å². The second kappa shape index (κ2) is 8.68. The van der Waals surface area contributed by atoms with Gasteiger partial charge in [0.25, 0.3) is 5.91 Å². The van der Waals surface area contributed by atoms with Gasteiger partial charge in [-0.05, 0) is 57.0 Å². The molecule has 0 bridgehead atoms. The first-order valence-corrected chi connectivity index (χ1v) is 10.8. The Hall–Kier alpha value is -2.17. The molecule has 2 aliphatic heterocycles. The molecule has 2 heterocycles. The summed E-state index contributed by atoms with van der Waals surface area (Å²) in [5, 5.41) is 7.20. The smallest absolute Gasteiger partial charge is 0.257 e. The van der Waals surface area contributed by atoms with E-state index in [1.54, 1.807) is 5.01 Å². The number of nitrogens with zero attached hydrogens (tertiary/aromatic N) is 3. The van der Waals surface area contributed by atoms with Gasteiger partial charge in [0.1, 0.15) is 0 Å². The predicted octanol–water partition coefficient (Wildman–Crippen LogP) is 5.12. The van der Waals surface area contributed by atoms with E-state index in [0.717, 1.165) is 42.8 Å². The third-order valence-electron chi connectivity index (χ3n) is 5.93. The second-order valence-electron chi connectivity index (χ2n) is 8.18. The Morgan fingerprint density at radius 1 is 1.10 bits per heavy atom. The van der Waals surface area contributed by atoms with E-state index in [0.29, 0.717) is 18.0 Å². The van der Waals surface area contributed by atoms with Crippen molar-refractivity contribution in [2.75, 3.05) is 19.6 Å². The third kappa shape index (κ3) is 4.39. The average Bonchev–Trinajstić information content (AvgIpc) is 3.14. The van der Waals surface area contributed by atoms with Gasteiger partial charge >= 0.3 is 0 Å². The minimum Gasteiger partial charge on any atom is -0.294 e. The molecule has 152 valence electrons. The molecule has 4 rings (SSSR count). The maximum Gasteiger partial charge on any atom is 0.257 e. The van der Waals surface area contributed by atoms with Crippen LogP contribution in [0.15, 0.2) is 47.6 Å². The molecule has 0 radical (unpaired) electrons. The number of hydrogen-bond donors (Lipinski definition) is 0. The molecule has 2 aliphatic rings. The van der Waals surface area contributed by atoms with Crippen molar-refractivity contribution < 1.29 is 4.79 Å². The maximum absolute atomic E-state index is 13.3. The summed E-state index contributed by atoms with van der Waals surface area (Å²) in [4.78, 5) is 15.5. The largest absolute Gasteiger partial charge is 0.294 e. The second-order valence-corrected chi connectivity index (χ2v) is 8.59. The quantitative estimate of drug-likeness (QED) is 0.702. The fraction of sp³-hybridized carbons (Fsp3) is 0.417. The summed E-state index contributed by atoms with van der Waals surface area (Å²) in [6.45, 7) is 6.60. The van der Waals surface area contributed by atoms with Gasteiger partial charge in [-0.1, -0.05) is 60.0 Å². The summed E-state index contributed by atoms with van der Waals surface area (Å²) in [5.41, 5.74) is 5.45. The lowest BCUT2D eigenvalue weighted by atomic mass is 9.95. The van der Waals surface area contributed by atoms with Gasteiger partial charge in [-0.15, -0.1) is 0 Å². The number of carbonyl (C=O) groups excluding carboxylic acids is 1. The van der Waals surface area contributed by atoms with Gasteiger partial charge < -0.3 is 0 Å². The highest BCUT2D eigenvalue weighted by atomic mass is 35.5. The van der Waals surface area contributed by atoms with E-state index in [2.05, 4.69) is 36.9 Å². The van der Waals surface area contributed by atoms with Crippen LogP contribution < -0.4 is 0 Å². The Morgan fingerprint density at radius 3 is 2.59 bits per heavy atom. The molecule has 0 unspecified atom stereocenters. The molecule has 29 heavy (non-hydrogen) atoms. The van der Waals surface area contributed by atoms with Crippen LogP contribution in [0.3, 0.4) is 0 Å². The Bertz CT molecular complexity index is 933. The molecule has 0 N–H and O–H groups in total. The Labute approximate surface area is 178 Å². The van der Waals surface area contributed by atoms with Crippen LogP contribution in [0, 0.1) is 13.8 Å². The van der Waals surface area contributed by atoms with Gasteiger partial charge in [-0.25, -0.2) is 5.01 Å². The molecule has 1 atom stereocenters. The molecule has 0 spiro atoms. The van der Waals surface area contributed by atoms with E-state index < -0.39 is 0 Å². The summed E-state index contributed by atoms with van der Waals surface area (Å²) < 4.78 is 0. The number of halogens is 1. The first-order chi connectivity index (χ1) is 14.0. The number of piperidine rings is 1. The normalized spacial score (nSPS) is 20.0. The van der Waals surface area contributed by atoms with Crippen LogP contribution in [-0.2, 0) is 4.79 Å². The number of rotatable bonds is 4. The molecule has 1 amide bonds. The van der Waals surface area contributed by atoms with E-state index in [1.807, 2.05) is 24.3 Å². The van der Waals surface area contributed by atoms with Crippen molar-refractivity contribution in [3.05, 3.63) is 69.7 Å². The Kier molecular flexibility index (Phi) is 6.02. The first-order valence-electron chi connectivity index (χ1n) is 10.5. The highest BCUT2D eigenvalue weighted by Gasteiger charge is 2.35. The summed E-state index contributed by atoms with van der Waals surface area (Å²) in [6.07, 6.45) is 4.27. The van der Waals surface area contributed by atoms with Crippen molar-refractivity contribution >= 4 is 23.2 Å². The lowest BCUT2D eigenvalue weighted by Crippen LogP contribution is -2.40.